The van der Waals surface area contributed by atoms with Gasteiger partial charge in [-0.3, -0.25) is 0 Å². The van der Waals surface area contributed by atoms with E-state index in [1.807, 2.05) is 10.3 Å². The summed E-state index contributed by atoms with van der Waals surface area (Å²) in [7, 11) is 0. The molecule has 0 bridgehead atoms. The summed E-state index contributed by atoms with van der Waals surface area (Å²) in [6, 6.07) is 2.57. The minimum Gasteiger partial charge on any atom is -0.333 e. The van der Waals surface area contributed by atoms with E-state index in [1.165, 1.54) is 11.3 Å². The van der Waals surface area contributed by atoms with Gasteiger partial charge in [0, 0.05) is 27.3 Å². The number of urea groups is 1. The maximum atomic E-state index is 12.2. The number of rotatable bonds is 3. The third kappa shape index (κ3) is 3.48. The first-order chi connectivity index (χ1) is 8.70. The quantitative estimate of drug-likeness (QED) is 0.893. The molecule has 0 radical (unpaired) electrons. The Balaban J connectivity index is 1.86. The zero-order valence-corrected chi connectivity index (χ0v) is 13.0. The van der Waals surface area contributed by atoms with Crippen molar-refractivity contribution in [2.45, 2.75) is 45.2 Å². The molecule has 1 N–H and O–H groups in total. The van der Waals surface area contributed by atoms with Gasteiger partial charge in [0.1, 0.15) is 0 Å². The van der Waals surface area contributed by atoms with E-state index in [9.17, 15) is 4.79 Å². The second-order valence-corrected chi connectivity index (χ2v) is 6.55. The normalized spacial score (nSPS) is 19.9. The van der Waals surface area contributed by atoms with Gasteiger partial charge in [0.05, 0.1) is 6.54 Å². The van der Waals surface area contributed by atoms with E-state index in [-0.39, 0.29) is 6.03 Å². The van der Waals surface area contributed by atoms with Crippen LogP contribution < -0.4 is 5.32 Å². The standard InChI is InChI=1S/C13H19BrN2OS/c1-2-11-5-3-4-6-16(11)13(17)15-8-12-7-10(14)9-18-12/h7,9,11H,2-6,8H2,1H3,(H,15,17). The zero-order valence-electron chi connectivity index (χ0n) is 10.6. The topological polar surface area (TPSA) is 32.3 Å². The number of amides is 2. The van der Waals surface area contributed by atoms with Gasteiger partial charge in [-0.2, -0.15) is 0 Å². The van der Waals surface area contributed by atoms with Crippen LogP contribution in [0.1, 0.15) is 37.5 Å². The van der Waals surface area contributed by atoms with Crippen molar-refractivity contribution in [3.8, 4) is 0 Å². The average molecular weight is 331 g/mol. The summed E-state index contributed by atoms with van der Waals surface area (Å²) < 4.78 is 1.08. The summed E-state index contributed by atoms with van der Waals surface area (Å²) in [5, 5.41) is 5.06. The molecule has 0 aromatic carbocycles. The number of piperidine rings is 1. The van der Waals surface area contributed by atoms with Gasteiger partial charge in [-0.25, -0.2) is 4.79 Å². The van der Waals surface area contributed by atoms with Crippen LogP contribution in [0.25, 0.3) is 0 Å². The van der Waals surface area contributed by atoms with Gasteiger partial charge in [0.15, 0.2) is 0 Å². The largest absolute Gasteiger partial charge is 0.333 e. The highest BCUT2D eigenvalue weighted by Crippen LogP contribution is 2.21. The molecule has 2 amide bonds. The summed E-state index contributed by atoms with van der Waals surface area (Å²) in [6.07, 6.45) is 4.58. The van der Waals surface area contributed by atoms with Crippen molar-refractivity contribution in [3.05, 3.63) is 20.8 Å². The van der Waals surface area contributed by atoms with Crippen molar-refractivity contribution in [2.75, 3.05) is 6.54 Å². The van der Waals surface area contributed by atoms with Crippen LogP contribution in [0.2, 0.25) is 0 Å². The van der Waals surface area contributed by atoms with Crippen molar-refractivity contribution in [1.82, 2.24) is 10.2 Å². The predicted molar refractivity (Wildman–Crippen MR) is 78.9 cm³/mol. The van der Waals surface area contributed by atoms with Crippen molar-refractivity contribution in [3.63, 3.8) is 0 Å². The molecule has 100 valence electrons. The number of hydrogen-bond acceptors (Lipinski definition) is 2. The highest BCUT2D eigenvalue weighted by Gasteiger charge is 2.24. The van der Waals surface area contributed by atoms with E-state index < -0.39 is 0 Å². The molecule has 1 fully saturated rings. The lowest BCUT2D eigenvalue weighted by molar-refractivity contribution is 0.148. The third-order valence-electron chi connectivity index (χ3n) is 3.39. The fourth-order valence-electron chi connectivity index (χ4n) is 2.40. The van der Waals surface area contributed by atoms with Crippen LogP contribution in [0.5, 0.6) is 0 Å². The average Bonchev–Trinajstić information content (AvgIpc) is 2.81. The van der Waals surface area contributed by atoms with Gasteiger partial charge in [0.2, 0.25) is 0 Å². The first-order valence-corrected chi connectivity index (χ1v) is 8.15. The second-order valence-electron chi connectivity index (χ2n) is 4.64. The van der Waals surface area contributed by atoms with Gasteiger partial charge in [0.25, 0.3) is 0 Å². The highest BCUT2D eigenvalue weighted by molar-refractivity contribution is 9.10. The SMILES string of the molecule is CCC1CCCCN1C(=O)NCc1cc(Br)cs1. The molecule has 2 rings (SSSR count). The van der Waals surface area contributed by atoms with Crippen molar-refractivity contribution >= 4 is 33.3 Å². The first-order valence-electron chi connectivity index (χ1n) is 6.48. The van der Waals surface area contributed by atoms with Crippen LogP contribution in [-0.2, 0) is 6.54 Å². The molecule has 0 aliphatic carbocycles. The number of likely N-dealkylation sites (tertiary alicyclic amines) is 1. The Morgan fingerprint density at radius 1 is 1.61 bits per heavy atom. The van der Waals surface area contributed by atoms with Gasteiger partial charge < -0.3 is 10.2 Å². The van der Waals surface area contributed by atoms with Gasteiger partial charge in [-0.1, -0.05) is 6.92 Å². The summed E-state index contributed by atoms with van der Waals surface area (Å²) >= 11 is 5.09. The number of carbonyl (C=O) groups excluding carboxylic acids is 1. The molecule has 0 saturated carbocycles. The number of nitrogens with zero attached hydrogens (tertiary/aromatic N) is 1. The zero-order chi connectivity index (χ0) is 13.0. The number of halogens is 1. The van der Waals surface area contributed by atoms with Crippen LogP contribution in [0.15, 0.2) is 15.9 Å². The lowest BCUT2D eigenvalue weighted by atomic mass is 10.0. The number of nitrogens with one attached hydrogen (secondary N) is 1. The lowest BCUT2D eigenvalue weighted by Crippen LogP contribution is -2.48. The first kappa shape index (κ1) is 13.9. The molecule has 1 aliphatic rings. The second kappa shape index (κ2) is 6.57. The molecule has 1 aliphatic heterocycles. The minimum absolute atomic E-state index is 0.0890. The highest BCUT2D eigenvalue weighted by atomic mass is 79.9. The van der Waals surface area contributed by atoms with Crippen molar-refractivity contribution in [2.24, 2.45) is 0 Å². The molecule has 1 aromatic heterocycles. The van der Waals surface area contributed by atoms with Gasteiger partial charge in [-0.05, 0) is 47.7 Å². The van der Waals surface area contributed by atoms with Crippen molar-refractivity contribution < 1.29 is 4.79 Å². The molecule has 3 nitrogen and oxygen atoms in total. The van der Waals surface area contributed by atoms with Gasteiger partial charge in [-0.15, -0.1) is 11.3 Å². The van der Waals surface area contributed by atoms with Crippen LogP contribution >= 0.6 is 27.3 Å². The Labute approximate surface area is 121 Å². The van der Waals surface area contributed by atoms with Crippen LogP contribution in [0, 0.1) is 0 Å². The predicted octanol–water partition coefficient (Wildman–Crippen LogP) is 3.98. The van der Waals surface area contributed by atoms with E-state index >= 15 is 0 Å². The molecular formula is C13H19BrN2OS. The minimum atomic E-state index is 0.0890. The van der Waals surface area contributed by atoms with Crippen LogP contribution in [0.4, 0.5) is 4.79 Å². The molecular weight excluding hydrogens is 312 g/mol. The summed E-state index contributed by atoms with van der Waals surface area (Å²) in [5.41, 5.74) is 0. The molecule has 0 spiro atoms. The van der Waals surface area contributed by atoms with Crippen LogP contribution in [-0.4, -0.2) is 23.5 Å². The molecule has 18 heavy (non-hydrogen) atoms. The molecule has 1 aromatic rings. The van der Waals surface area contributed by atoms with E-state index in [0.29, 0.717) is 12.6 Å². The number of hydrogen-bond donors (Lipinski definition) is 1. The fourth-order valence-corrected chi connectivity index (χ4v) is 3.79. The Morgan fingerprint density at radius 2 is 2.44 bits per heavy atom. The lowest BCUT2D eigenvalue weighted by Gasteiger charge is -2.35. The summed E-state index contributed by atoms with van der Waals surface area (Å²) in [6.45, 7) is 3.69. The summed E-state index contributed by atoms with van der Waals surface area (Å²) in [4.78, 5) is 15.3. The summed E-state index contributed by atoms with van der Waals surface area (Å²) in [5.74, 6) is 0. The van der Waals surface area contributed by atoms with Crippen LogP contribution in [0.3, 0.4) is 0 Å². The number of carbonyl (C=O) groups is 1. The smallest absolute Gasteiger partial charge is 0.317 e. The van der Waals surface area contributed by atoms with E-state index in [4.69, 9.17) is 0 Å². The maximum Gasteiger partial charge on any atom is 0.317 e. The van der Waals surface area contributed by atoms with E-state index in [2.05, 4.69) is 34.2 Å². The molecule has 1 unspecified atom stereocenters. The number of thiophene rings is 1. The molecule has 2 heterocycles. The molecule has 1 saturated heterocycles. The Morgan fingerprint density at radius 3 is 3.11 bits per heavy atom. The Kier molecular flexibility index (Phi) is 5.06. The Bertz CT molecular complexity index is 407. The van der Waals surface area contributed by atoms with Crippen molar-refractivity contribution in [1.29, 1.82) is 0 Å². The molecule has 5 heteroatoms. The maximum absolute atomic E-state index is 12.2. The van der Waals surface area contributed by atoms with E-state index in [1.54, 1.807) is 11.3 Å². The third-order valence-corrected chi connectivity index (χ3v) is 5.09. The van der Waals surface area contributed by atoms with E-state index in [0.717, 1.165) is 30.3 Å². The fraction of sp³-hybridized carbons (Fsp3) is 0.615. The molecule has 1 atom stereocenters. The Hall–Kier alpha value is -0.550. The van der Waals surface area contributed by atoms with Gasteiger partial charge >= 0.3 is 6.03 Å². The monoisotopic (exact) mass is 330 g/mol.